The largest absolute Gasteiger partial charge is 0.459 e. The van der Waals surface area contributed by atoms with Crippen molar-refractivity contribution in [3.8, 4) is 0 Å². The summed E-state index contributed by atoms with van der Waals surface area (Å²) in [6.45, 7) is 4.08. The van der Waals surface area contributed by atoms with E-state index in [1.165, 1.54) is 6.26 Å². The average molecular weight is 425 g/mol. The van der Waals surface area contributed by atoms with Gasteiger partial charge in [0.1, 0.15) is 0 Å². The number of piperazine rings is 1. The van der Waals surface area contributed by atoms with Crippen LogP contribution in [0.1, 0.15) is 23.4 Å². The van der Waals surface area contributed by atoms with Crippen molar-refractivity contribution in [2.45, 2.75) is 12.8 Å². The molecule has 2 fully saturated rings. The van der Waals surface area contributed by atoms with E-state index in [-0.39, 0.29) is 23.6 Å². The van der Waals surface area contributed by atoms with Gasteiger partial charge >= 0.3 is 0 Å². The first-order valence-corrected chi connectivity index (χ1v) is 10.8. The highest BCUT2D eigenvalue weighted by Crippen LogP contribution is 2.22. The fourth-order valence-corrected chi connectivity index (χ4v) is 4.20. The van der Waals surface area contributed by atoms with Gasteiger partial charge < -0.3 is 19.5 Å². The molecule has 0 saturated carbocycles. The van der Waals surface area contributed by atoms with Crippen LogP contribution in [0.25, 0.3) is 0 Å². The average Bonchev–Trinajstić information content (AvgIpc) is 3.34. The Balaban J connectivity index is 1.19. The quantitative estimate of drug-likeness (QED) is 0.793. The van der Waals surface area contributed by atoms with Crippen LogP contribution in [0.3, 0.4) is 0 Å². The minimum Gasteiger partial charge on any atom is -0.459 e. The molecule has 1 N–H and O–H groups in total. The molecule has 31 heavy (non-hydrogen) atoms. The van der Waals surface area contributed by atoms with Gasteiger partial charge in [0, 0.05) is 50.9 Å². The zero-order valence-corrected chi connectivity index (χ0v) is 17.5. The standard InChI is InChI=1S/C23H28N4O4/c28-21(24-19-5-2-1-3-6-19)17-25-12-14-27(15-13-25)22(29)18-8-10-26(11-9-18)23(30)20-7-4-16-31-20/h1-7,16,18H,8-15,17H2,(H,24,28). The van der Waals surface area contributed by atoms with Crippen molar-refractivity contribution in [1.29, 1.82) is 0 Å². The van der Waals surface area contributed by atoms with Gasteiger partial charge in [-0.05, 0) is 37.1 Å². The molecular formula is C23H28N4O4. The summed E-state index contributed by atoms with van der Waals surface area (Å²) in [5.41, 5.74) is 0.790. The molecule has 2 aromatic rings. The van der Waals surface area contributed by atoms with Crippen molar-refractivity contribution >= 4 is 23.4 Å². The van der Waals surface area contributed by atoms with Crippen molar-refractivity contribution in [1.82, 2.24) is 14.7 Å². The topological polar surface area (TPSA) is 86.1 Å². The summed E-state index contributed by atoms with van der Waals surface area (Å²) >= 11 is 0. The molecule has 0 radical (unpaired) electrons. The lowest BCUT2D eigenvalue weighted by atomic mass is 9.94. The predicted octanol–water partition coefficient (Wildman–Crippen LogP) is 1.91. The number of nitrogens with one attached hydrogen (secondary N) is 1. The molecular weight excluding hydrogens is 396 g/mol. The molecule has 0 spiro atoms. The molecule has 2 aliphatic rings. The number of hydrogen-bond acceptors (Lipinski definition) is 5. The Morgan fingerprint density at radius 3 is 2.23 bits per heavy atom. The molecule has 8 nitrogen and oxygen atoms in total. The van der Waals surface area contributed by atoms with E-state index in [0.717, 1.165) is 5.69 Å². The summed E-state index contributed by atoms with van der Waals surface area (Å²) < 4.78 is 5.19. The zero-order valence-electron chi connectivity index (χ0n) is 17.5. The molecule has 0 atom stereocenters. The lowest BCUT2D eigenvalue weighted by molar-refractivity contribution is -0.138. The van der Waals surface area contributed by atoms with Crippen molar-refractivity contribution in [2.24, 2.45) is 5.92 Å². The smallest absolute Gasteiger partial charge is 0.289 e. The Morgan fingerprint density at radius 1 is 0.871 bits per heavy atom. The fraction of sp³-hybridized carbons (Fsp3) is 0.435. The number of para-hydroxylation sites is 1. The molecule has 1 aromatic heterocycles. The number of likely N-dealkylation sites (tertiary alicyclic amines) is 1. The maximum Gasteiger partial charge on any atom is 0.289 e. The van der Waals surface area contributed by atoms with E-state index < -0.39 is 0 Å². The second kappa shape index (κ2) is 9.78. The van der Waals surface area contributed by atoms with Crippen LogP contribution in [0.15, 0.2) is 53.1 Å². The molecule has 0 bridgehead atoms. The normalized spacial score (nSPS) is 18.1. The minimum absolute atomic E-state index is 0.0421. The van der Waals surface area contributed by atoms with E-state index in [0.29, 0.717) is 64.4 Å². The molecule has 0 unspecified atom stereocenters. The first kappa shape index (κ1) is 21.1. The summed E-state index contributed by atoms with van der Waals surface area (Å²) in [7, 11) is 0. The first-order valence-electron chi connectivity index (χ1n) is 10.8. The third kappa shape index (κ3) is 5.32. The highest BCUT2D eigenvalue weighted by Gasteiger charge is 2.32. The van der Waals surface area contributed by atoms with E-state index in [1.807, 2.05) is 35.2 Å². The van der Waals surface area contributed by atoms with E-state index in [4.69, 9.17) is 4.42 Å². The molecule has 2 saturated heterocycles. The molecule has 4 rings (SSSR count). The predicted molar refractivity (Wildman–Crippen MR) is 115 cm³/mol. The Labute approximate surface area is 181 Å². The number of amides is 3. The van der Waals surface area contributed by atoms with E-state index >= 15 is 0 Å². The van der Waals surface area contributed by atoms with Crippen LogP contribution in [0.5, 0.6) is 0 Å². The summed E-state index contributed by atoms with van der Waals surface area (Å²) in [5.74, 6) is 0.308. The number of piperidine rings is 1. The van der Waals surface area contributed by atoms with E-state index in [1.54, 1.807) is 17.0 Å². The SMILES string of the molecule is O=C(CN1CCN(C(=O)C2CCN(C(=O)c3ccco3)CC2)CC1)Nc1ccccc1. The van der Waals surface area contributed by atoms with Gasteiger partial charge in [0.25, 0.3) is 5.91 Å². The number of carbonyl (C=O) groups excluding carboxylic acids is 3. The molecule has 2 aliphatic heterocycles. The number of furan rings is 1. The molecule has 1 aromatic carbocycles. The van der Waals surface area contributed by atoms with Crippen molar-refractivity contribution in [3.63, 3.8) is 0 Å². The van der Waals surface area contributed by atoms with Crippen LogP contribution < -0.4 is 5.32 Å². The maximum absolute atomic E-state index is 12.9. The molecule has 3 heterocycles. The first-order chi connectivity index (χ1) is 15.1. The molecule has 0 aliphatic carbocycles. The maximum atomic E-state index is 12.9. The Kier molecular flexibility index (Phi) is 6.66. The third-order valence-electron chi connectivity index (χ3n) is 5.97. The van der Waals surface area contributed by atoms with Crippen LogP contribution in [-0.4, -0.2) is 78.2 Å². The van der Waals surface area contributed by atoms with Crippen molar-refractivity contribution in [3.05, 3.63) is 54.5 Å². The van der Waals surface area contributed by atoms with Gasteiger partial charge in [0.2, 0.25) is 11.8 Å². The number of hydrogen-bond donors (Lipinski definition) is 1. The van der Waals surface area contributed by atoms with E-state index in [9.17, 15) is 14.4 Å². The van der Waals surface area contributed by atoms with Crippen LogP contribution >= 0.6 is 0 Å². The number of benzene rings is 1. The summed E-state index contributed by atoms with van der Waals surface area (Å²) in [4.78, 5) is 43.3. The Bertz CT molecular complexity index is 884. The van der Waals surface area contributed by atoms with Crippen molar-refractivity contribution in [2.75, 3.05) is 51.1 Å². The monoisotopic (exact) mass is 424 g/mol. The molecule has 8 heteroatoms. The molecule has 3 amide bonds. The lowest BCUT2D eigenvalue weighted by Crippen LogP contribution is -2.53. The summed E-state index contributed by atoms with van der Waals surface area (Å²) in [6, 6.07) is 12.8. The Hall–Kier alpha value is -3.13. The van der Waals surface area contributed by atoms with Crippen LogP contribution in [-0.2, 0) is 9.59 Å². The second-order valence-electron chi connectivity index (χ2n) is 8.06. The highest BCUT2D eigenvalue weighted by atomic mass is 16.3. The number of nitrogens with zero attached hydrogens (tertiary/aromatic N) is 3. The summed E-state index contributed by atoms with van der Waals surface area (Å²) in [6.07, 6.45) is 2.84. The molecule has 164 valence electrons. The third-order valence-corrected chi connectivity index (χ3v) is 5.97. The van der Waals surface area contributed by atoms with Crippen molar-refractivity contribution < 1.29 is 18.8 Å². The lowest BCUT2D eigenvalue weighted by Gasteiger charge is -2.38. The highest BCUT2D eigenvalue weighted by molar-refractivity contribution is 5.92. The van der Waals surface area contributed by atoms with Gasteiger partial charge in [0.15, 0.2) is 5.76 Å². The number of anilines is 1. The van der Waals surface area contributed by atoms with Gasteiger partial charge in [-0.25, -0.2) is 0 Å². The minimum atomic E-state index is -0.113. The van der Waals surface area contributed by atoms with E-state index in [2.05, 4.69) is 10.2 Å². The fourth-order valence-electron chi connectivity index (χ4n) is 4.20. The van der Waals surface area contributed by atoms with Gasteiger partial charge in [-0.2, -0.15) is 0 Å². The zero-order chi connectivity index (χ0) is 21.6. The second-order valence-corrected chi connectivity index (χ2v) is 8.06. The van der Waals surface area contributed by atoms with Gasteiger partial charge in [0.05, 0.1) is 12.8 Å². The van der Waals surface area contributed by atoms with Gasteiger partial charge in [-0.1, -0.05) is 18.2 Å². The van der Waals surface area contributed by atoms with Gasteiger partial charge in [-0.15, -0.1) is 0 Å². The number of carbonyl (C=O) groups is 3. The summed E-state index contributed by atoms with van der Waals surface area (Å²) in [5, 5.41) is 2.90. The van der Waals surface area contributed by atoms with Crippen LogP contribution in [0.2, 0.25) is 0 Å². The number of rotatable bonds is 5. The van der Waals surface area contributed by atoms with Crippen LogP contribution in [0.4, 0.5) is 5.69 Å². The Morgan fingerprint density at radius 2 is 1.58 bits per heavy atom. The van der Waals surface area contributed by atoms with Crippen LogP contribution in [0, 0.1) is 5.92 Å². The van der Waals surface area contributed by atoms with Gasteiger partial charge in [-0.3, -0.25) is 19.3 Å².